The molecule has 27 heavy (non-hydrogen) atoms. The highest BCUT2D eigenvalue weighted by molar-refractivity contribution is 5.96. The molecule has 2 heterocycles. The van der Waals surface area contributed by atoms with Crippen molar-refractivity contribution in [2.45, 2.75) is 25.4 Å². The van der Waals surface area contributed by atoms with Gasteiger partial charge in [-0.05, 0) is 31.0 Å². The fourth-order valence-electron chi connectivity index (χ4n) is 3.58. The molecule has 1 fully saturated rings. The minimum atomic E-state index is -0.208. The minimum Gasteiger partial charge on any atom is -0.486 e. The van der Waals surface area contributed by atoms with Gasteiger partial charge < -0.3 is 24.2 Å². The van der Waals surface area contributed by atoms with E-state index in [1.54, 1.807) is 19.1 Å². The molecular weight excluding hydrogens is 346 g/mol. The lowest BCUT2D eigenvalue weighted by Gasteiger charge is -2.34. The van der Waals surface area contributed by atoms with Gasteiger partial charge in [-0.15, -0.1) is 0 Å². The van der Waals surface area contributed by atoms with E-state index in [1.165, 1.54) is 0 Å². The number of likely N-dealkylation sites (tertiary alicyclic amines) is 1. The molecule has 7 heteroatoms. The number of hydrogen-bond donors (Lipinski definition) is 0. The van der Waals surface area contributed by atoms with Gasteiger partial charge in [0.2, 0.25) is 5.91 Å². The van der Waals surface area contributed by atoms with Crippen LogP contribution in [0.5, 0.6) is 5.75 Å². The summed E-state index contributed by atoms with van der Waals surface area (Å²) in [5.74, 6) is 0.842. The topological polar surface area (TPSA) is 62.3 Å². The third-order valence-corrected chi connectivity index (χ3v) is 5.24. The Hall–Kier alpha value is -2.28. The van der Waals surface area contributed by atoms with Crippen LogP contribution in [0.15, 0.2) is 18.2 Å². The molecule has 7 nitrogen and oxygen atoms in total. The monoisotopic (exact) mass is 375 g/mol. The Morgan fingerprint density at radius 3 is 2.74 bits per heavy atom. The molecule has 0 aromatic heterocycles. The number of fused-ring (bicyclic) bond motifs is 1. The van der Waals surface area contributed by atoms with Gasteiger partial charge in [-0.3, -0.25) is 9.59 Å². The van der Waals surface area contributed by atoms with E-state index >= 15 is 0 Å². The van der Waals surface area contributed by atoms with E-state index in [1.807, 2.05) is 30.1 Å². The van der Waals surface area contributed by atoms with Crippen molar-refractivity contribution in [2.75, 3.05) is 58.9 Å². The lowest BCUT2D eigenvalue weighted by Crippen LogP contribution is -2.42. The van der Waals surface area contributed by atoms with Gasteiger partial charge in [-0.2, -0.15) is 0 Å². The first-order valence-corrected chi connectivity index (χ1v) is 9.53. The number of carbonyl (C=O) groups is 2. The second-order valence-electron chi connectivity index (χ2n) is 7.31. The third-order valence-electron chi connectivity index (χ3n) is 5.24. The van der Waals surface area contributed by atoms with Crippen molar-refractivity contribution in [3.63, 3.8) is 0 Å². The van der Waals surface area contributed by atoms with Gasteiger partial charge >= 0.3 is 0 Å². The number of methoxy groups -OCH3 is 1. The lowest BCUT2D eigenvalue weighted by atomic mass is 10.1. The van der Waals surface area contributed by atoms with Gasteiger partial charge in [0.25, 0.3) is 5.91 Å². The smallest absolute Gasteiger partial charge is 0.253 e. The molecule has 3 rings (SSSR count). The van der Waals surface area contributed by atoms with E-state index in [0.29, 0.717) is 31.7 Å². The molecule has 0 spiro atoms. The molecule has 2 aliphatic heterocycles. The number of benzene rings is 1. The maximum Gasteiger partial charge on any atom is 0.253 e. The average molecular weight is 375 g/mol. The fourth-order valence-corrected chi connectivity index (χ4v) is 3.58. The summed E-state index contributed by atoms with van der Waals surface area (Å²) < 4.78 is 11.1. The largest absolute Gasteiger partial charge is 0.486 e. The van der Waals surface area contributed by atoms with Crippen molar-refractivity contribution < 1.29 is 19.1 Å². The number of hydrogen-bond acceptors (Lipinski definition) is 5. The Kier molecular flexibility index (Phi) is 6.21. The molecule has 1 saturated heterocycles. The van der Waals surface area contributed by atoms with E-state index in [0.717, 1.165) is 37.4 Å². The molecule has 0 saturated carbocycles. The van der Waals surface area contributed by atoms with E-state index in [4.69, 9.17) is 9.47 Å². The van der Waals surface area contributed by atoms with Crippen LogP contribution in [0.25, 0.3) is 0 Å². The summed E-state index contributed by atoms with van der Waals surface area (Å²) in [6, 6.07) is 5.57. The number of rotatable bonds is 6. The SMILES string of the molecule is COCCN(C)C(=O)C[C@@H]1CN(C)c2cc(C(=O)N3CCCC3)ccc2O1. The number of anilines is 1. The highest BCUT2D eigenvalue weighted by atomic mass is 16.5. The van der Waals surface area contributed by atoms with Crippen molar-refractivity contribution in [2.24, 2.45) is 0 Å². The van der Waals surface area contributed by atoms with Crippen molar-refractivity contribution >= 4 is 17.5 Å². The molecule has 1 aromatic carbocycles. The second-order valence-corrected chi connectivity index (χ2v) is 7.31. The van der Waals surface area contributed by atoms with Gasteiger partial charge in [0.1, 0.15) is 11.9 Å². The van der Waals surface area contributed by atoms with E-state index < -0.39 is 0 Å². The Morgan fingerprint density at radius 1 is 1.30 bits per heavy atom. The zero-order valence-corrected chi connectivity index (χ0v) is 16.4. The van der Waals surface area contributed by atoms with E-state index in [9.17, 15) is 9.59 Å². The van der Waals surface area contributed by atoms with Crippen LogP contribution in [0, 0.1) is 0 Å². The zero-order valence-electron chi connectivity index (χ0n) is 16.4. The molecule has 0 radical (unpaired) electrons. The summed E-state index contributed by atoms with van der Waals surface area (Å²) in [6.07, 6.45) is 2.26. The third kappa shape index (κ3) is 4.53. The summed E-state index contributed by atoms with van der Waals surface area (Å²) in [5, 5.41) is 0. The predicted molar refractivity (Wildman–Crippen MR) is 103 cm³/mol. The first kappa shape index (κ1) is 19.5. The first-order valence-electron chi connectivity index (χ1n) is 9.53. The van der Waals surface area contributed by atoms with Crippen molar-refractivity contribution in [1.29, 1.82) is 0 Å². The van der Waals surface area contributed by atoms with Crippen LogP contribution in [-0.2, 0) is 9.53 Å². The standard InChI is InChI=1S/C20H29N3O4/c1-21(10-11-26-3)19(24)13-16-14-22(2)17-12-15(6-7-18(17)27-16)20(25)23-8-4-5-9-23/h6-7,12,16H,4-5,8-11,13-14H2,1-3H3/t16-/m1/s1. The van der Waals surface area contributed by atoms with Crippen LogP contribution < -0.4 is 9.64 Å². The quantitative estimate of drug-likeness (QED) is 0.756. The van der Waals surface area contributed by atoms with Gasteiger partial charge in [0, 0.05) is 46.4 Å². The summed E-state index contributed by atoms with van der Waals surface area (Å²) in [7, 11) is 5.37. The summed E-state index contributed by atoms with van der Waals surface area (Å²) in [5.41, 5.74) is 1.59. The molecule has 2 aliphatic rings. The molecule has 0 N–H and O–H groups in total. The van der Waals surface area contributed by atoms with Crippen LogP contribution in [0.1, 0.15) is 29.6 Å². The normalized spacial score (nSPS) is 18.9. The molecule has 148 valence electrons. The van der Waals surface area contributed by atoms with Crippen LogP contribution in [0.2, 0.25) is 0 Å². The summed E-state index contributed by atoms with van der Waals surface area (Å²) in [6.45, 7) is 3.37. The summed E-state index contributed by atoms with van der Waals surface area (Å²) >= 11 is 0. The van der Waals surface area contributed by atoms with E-state index in [-0.39, 0.29) is 17.9 Å². The number of amides is 2. The Morgan fingerprint density at radius 2 is 2.04 bits per heavy atom. The average Bonchev–Trinajstić information content (AvgIpc) is 3.20. The van der Waals surface area contributed by atoms with Crippen molar-refractivity contribution in [3.8, 4) is 5.75 Å². The first-order chi connectivity index (χ1) is 13.0. The number of likely N-dealkylation sites (N-methyl/N-ethyl adjacent to an activating group) is 2. The highest BCUT2D eigenvalue weighted by Gasteiger charge is 2.28. The van der Waals surface area contributed by atoms with Gasteiger partial charge in [0.05, 0.1) is 25.3 Å². The minimum absolute atomic E-state index is 0.0368. The second kappa shape index (κ2) is 8.61. The molecule has 2 amide bonds. The molecule has 1 atom stereocenters. The summed E-state index contributed by atoms with van der Waals surface area (Å²) in [4.78, 5) is 30.6. The number of carbonyl (C=O) groups excluding carboxylic acids is 2. The maximum absolute atomic E-state index is 12.6. The van der Waals surface area contributed by atoms with Crippen LogP contribution in [0.4, 0.5) is 5.69 Å². The Bertz CT molecular complexity index is 688. The van der Waals surface area contributed by atoms with Crippen molar-refractivity contribution in [1.82, 2.24) is 9.80 Å². The van der Waals surface area contributed by atoms with Crippen LogP contribution in [-0.4, -0.2) is 81.7 Å². The Labute approximate surface area is 160 Å². The maximum atomic E-state index is 12.6. The van der Waals surface area contributed by atoms with Gasteiger partial charge in [-0.1, -0.05) is 0 Å². The molecule has 1 aromatic rings. The molecular formula is C20H29N3O4. The molecule has 0 unspecified atom stereocenters. The van der Waals surface area contributed by atoms with Crippen LogP contribution >= 0.6 is 0 Å². The highest BCUT2D eigenvalue weighted by Crippen LogP contribution is 2.34. The van der Waals surface area contributed by atoms with Crippen molar-refractivity contribution in [3.05, 3.63) is 23.8 Å². The number of ether oxygens (including phenoxy) is 2. The predicted octanol–water partition coefficient (Wildman–Crippen LogP) is 1.61. The zero-order chi connectivity index (χ0) is 19.4. The van der Waals surface area contributed by atoms with E-state index in [2.05, 4.69) is 4.90 Å². The number of nitrogens with zero attached hydrogens (tertiary/aromatic N) is 3. The van der Waals surface area contributed by atoms with Gasteiger partial charge in [-0.25, -0.2) is 0 Å². The molecule has 0 bridgehead atoms. The lowest BCUT2D eigenvalue weighted by molar-refractivity contribution is -0.132. The van der Waals surface area contributed by atoms with Gasteiger partial charge in [0.15, 0.2) is 0 Å². The fraction of sp³-hybridized carbons (Fsp3) is 0.600. The molecule has 0 aliphatic carbocycles. The Balaban J connectivity index is 1.65. The van der Waals surface area contributed by atoms with Crippen LogP contribution in [0.3, 0.4) is 0 Å².